The van der Waals surface area contributed by atoms with Crippen LogP contribution in [0.2, 0.25) is 0 Å². The molecule has 3 nitrogen and oxygen atoms in total. The van der Waals surface area contributed by atoms with E-state index in [9.17, 15) is 9.18 Å². The molecule has 0 spiro atoms. The van der Waals surface area contributed by atoms with Crippen LogP contribution in [-0.4, -0.2) is 25.7 Å². The lowest BCUT2D eigenvalue weighted by Gasteiger charge is -2.30. The van der Waals surface area contributed by atoms with Crippen molar-refractivity contribution in [2.24, 2.45) is 0 Å². The first-order valence-corrected chi connectivity index (χ1v) is 6.29. The highest BCUT2D eigenvalue weighted by atomic mass is 19.1. The van der Waals surface area contributed by atoms with Gasteiger partial charge in [-0.3, -0.25) is 4.79 Å². The predicted molar refractivity (Wildman–Crippen MR) is 66.8 cm³/mol. The van der Waals surface area contributed by atoms with Gasteiger partial charge in [0.25, 0.3) is 0 Å². The molecule has 18 heavy (non-hydrogen) atoms. The SMILES string of the molecule is COC(=O)[C@@H](c1cccc(F)c1)[C@@H]1CCCCN1. The van der Waals surface area contributed by atoms with Crippen LogP contribution in [0.5, 0.6) is 0 Å². The molecule has 1 aliphatic heterocycles. The van der Waals surface area contributed by atoms with Gasteiger partial charge >= 0.3 is 5.97 Å². The second kappa shape index (κ2) is 5.96. The first-order valence-electron chi connectivity index (χ1n) is 6.29. The molecule has 1 N–H and O–H groups in total. The van der Waals surface area contributed by atoms with Gasteiger partial charge < -0.3 is 10.1 Å². The fraction of sp³-hybridized carbons (Fsp3) is 0.500. The molecule has 2 rings (SSSR count). The first kappa shape index (κ1) is 13.0. The van der Waals surface area contributed by atoms with E-state index in [1.54, 1.807) is 12.1 Å². The number of piperidine rings is 1. The molecule has 1 aromatic carbocycles. The number of hydrogen-bond donors (Lipinski definition) is 1. The highest BCUT2D eigenvalue weighted by Crippen LogP contribution is 2.27. The summed E-state index contributed by atoms with van der Waals surface area (Å²) in [5.74, 6) is -1.05. The number of carbonyl (C=O) groups excluding carboxylic acids is 1. The summed E-state index contributed by atoms with van der Waals surface area (Å²) < 4.78 is 18.1. The van der Waals surface area contributed by atoms with Crippen LogP contribution in [0.1, 0.15) is 30.7 Å². The number of esters is 1. The maximum Gasteiger partial charge on any atom is 0.314 e. The summed E-state index contributed by atoms with van der Waals surface area (Å²) in [6, 6.07) is 6.24. The van der Waals surface area contributed by atoms with Gasteiger partial charge in [-0.1, -0.05) is 18.6 Å². The number of methoxy groups -OCH3 is 1. The highest BCUT2D eigenvalue weighted by Gasteiger charge is 2.31. The van der Waals surface area contributed by atoms with Crippen molar-refractivity contribution in [2.45, 2.75) is 31.2 Å². The Balaban J connectivity index is 2.26. The minimum atomic E-state index is -0.425. The van der Waals surface area contributed by atoms with Crippen molar-refractivity contribution >= 4 is 5.97 Å². The van der Waals surface area contributed by atoms with Crippen LogP contribution in [0.3, 0.4) is 0 Å². The summed E-state index contributed by atoms with van der Waals surface area (Å²) in [4.78, 5) is 11.9. The Hall–Kier alpha value is -1.42. The molecule has 4 heteroatoms. The van der Waals surface area contributed by atoms with Gasteiger partial charge in [-0.25, -0.2) is 4.39 Å². The fourth-order valence-electron chi connectivity index (χ4n) is 2.52. The maximum absolute atomic E-state index is 13.3. The molecule has 98 valence electrons. The third-order valence-corrected chi connectivity index (χ3v) is 3.41. The third kappa shape index (κ3) is 2.88. The highest BCUT2D eigenvalue weighted by molar-refractivity contribution is 5.79. The van der Waals surface area contributed by atoms with E-state index in [0.29, 0.717) is 5.56 Å². The molecule has 1 fully saturated rings. The minimum absolute atomic E-state index is 0.0352. The number of benzene rings is 1. The summed E-state index contributed by atoms with van der Waals surface area (Å²) >= 11 is 0. The molecule has 0 saturated carbocycles. The van der Waals surface area contributed by atoms with Gasteiger partial charge in [0.1, 0.15) is 5.82 Å². The van der Waals surface area contributed by atoms with Crippen molar-refractivity contribution in [1.29, 1.82) is 0 Å². The van der Waals surface area contributed by atoms with E-state index in [2.05, 4.69) is 5.32 Å². The Morgan fingerprint density at radius 2 is 2.33 bits per heavy atom. The molecule has 1 aliphatic rings. The predicted octanol–water partition coefficient (Wildman–Crippen LogP) is 2.22. The zero-order valence-corrected chi connectivity index (χ0v) is 10.5. The third-order valence-electron chi connectivity index (χ3n) is 3.41. The Kier molecular flexibility index (Phi) is 4.31. The largest absolute Gasteiger partial charge is 0.469 e. The van der Waals surface area contributed by atoms with E-state index in [-0.39, 0.29) is 17.8 Å². The second-order valence-electron chi connectivity index (χ2n) is 4.61. The van der Waals surface area contributed by atoms with E-state index < -0.39 is 5.92 Å². The Labute approximate surface area is 106 Å². The lowest BCUT2D eigenvalue weighted by Crippen LogP contribution is -2.42. The molecular formula is C14H18FNO2. The zero-order valence-electron chi connectivity index (χ0n) is 10.5. The summed E-state index contributed by atoms with van der Waals surface area (Å²) in [5.41, 5.74) is 0.682. The zero-order chi connectivity index (χ0) is 13.0. The van der Waals surface area contributed by atoms with E-state index in [1.807, 2.05) is 0 Å². The van der Waals surface area contributed by atoms with Gasteiger partial charge in [0.15, 0.2) is 0 Å². The standard InChI is InChI=1S/C14H18FNO2/c1-18-14(17)13(12-7-2-3-8-16-12)10-5-4-6-11(15)9-10/h4-6,9,12-13,16H,2-3,7-8H2,1H3/t12-,13-/m0/s1. The lowest BCUT2D eigenvalue weighted by molar-refractivity contribution is -0.143. The van der Waals surface area contributed by atoms with Crippen molar-refractivity contribution in [3.8, 4) is 0 Å². The fourth-order valence-corrected chi connectivity index (χ4v) is 2.52. The van der Waals surface area contributed by atoms with Gasteiger partial charge in [-0.05, 0) is 37.1 Å². The number of hydrogen-bond acceptors (Lipinski definition) is 3. The van der Waals surface area contributed by atoms with Crippen LogP contribution in [0.15, 0.2) is 24.3 Å². The van der Waals surface area contributed by atoms with Crippen LogP contribution in [0.25, 0.3) is 0 Å². The van der Waals surface area contributed by atoms with Gasteiger partial charge in [0.2, 0.25) is 0 Å². The van der Waals surface area contributed by atoms with Gasteiger partial charge in [0.05, 0.1) is 13.0 Å². The number of halogens is 1. The Bertz CT molecular complexity index is 416. The number of rotatable bonds is 3. The molecular weight excluding hydrogens is 233 g/mol. The van der Waals surface area contributed by atoms with Crippen molar-refractivity contribution in [3.63, 3.8) is 0 Å². The van der Waals surface area contributed by atoms with Gasteiger partial charge in [-0.15, -0.1) is 0 Å². The lowest BCUT2D eigenvalue weighted by atomic mass is 9.86. The molecule has 0 bridgehead atoms. The van der Waals surface area contributed by atoms with E-state index in [4.69, 9.17) is 4.74 Å². The Morgan fingerprint density at radius 3 is 2.94 bits per heavy atom. The molecule has 1 aromatic rings. The van der Waals surface area contributed by atoms with Crippen molar-refractivity contribution in [2.75, 3.05) is 13.7 Å². The average Bonchev–Trinajstić information content (AvgIpc) is 2.40. The molecule has 0 aromatic heterocycles. The smallest absolute Gasteiger partial charge is 0.314 e. The summed E-state index contributed by atoms with van der Waals surface area (Å²) in [6.07, 6.45) is 3.12. The molecule has 1 saturated heterocycles. The molecule has 1 heterocycles. The van der Waals surface area contributed by atoms with Crippen LogP contribution in [0.4, 0.5) is 4.39 Å². The Morgan fingerprint density at radius 1 is 1.50 bits per heavy atom. The number of ether oxygens (including phenoxy) is 1. The first-order chi connectivity index (χ1) is 8.72. The molecule has 2 atom stereocenters. The number of carbonyl (C=O) groups is 1. The maximum atomic E-state index is 13.3. The van der Waals surface area contributed by atoms with Crippen molar-refractivity contribution in [3.05, 3.63) is 35.6 Å². The molecule has 0 aliphatic carbocycles. The molecule has 0 amide bonds. The van der Waals surface area contributed by atoms with Gasteiger partial charge in [0, 0.05) is 6.04 Å². The molecule has 0 radical (unpaired) electrons. The topological polar surface area (TPSA) is 38.3 Å². The normalized spacial score (nSPS) is 21.3. The quantitative estimate of drug-likeness (QED) is 0.837. The summed E-state index contributed by atoms with van der Waals surface area (Å²) in [6.45, 7) is 0.896. The minimum Gasteiger partial charge on any atom is -0.469 e. The van der Waals surface area contributed by atoms with Crippen LogP contribution in [-0.2, 0) is 9.53 Å². The summed E-state index contributed by atoms with van der Waals surface area (Å²) in [5, 5.41) is 3.33. The van der Waals surface area contributed by atoms with Crippen LogP contribution >= 0.6 is 0 Å². The monoisotopic (exact) mass is 251 g/mol. The average molecular weight is 251 g/mol. The molecule has 0 unspecified atom stereocenters. The number of nitrogens with one attached hydrogen (secondary N) is 1. The van der Waals surface area contributed by atoms with E-state index in [0.717, 1.165) is 25.8 Å². The van der Waals surface area contributed by atoms with E-state index >= 15 is 0 Å². The van der Waals surface area contributed by atoms with Crippen LogP contribution < -0.4 is 5.32 Å². The van der Waals surface area contributed by atoms with Crippen LogP contribution in [0, 0.1) is 5.82 Å². The second-order valence-corrected chi connectivity index (χ2v) is 4.61. The van der Waals surface area contributed by atoms with E-state index in [1.165, 1.54) is 19.2 Å². The summed E-state index contributed by atoms with van der Waals surface area (Å²) in [7, 11) is 1.37. The van der Waals surface area contributed by atoms with Crippen molar-refractivity contribution < 1.29 is 13.9 Å². The van der Waals surface area contributed by atoms with Gasteiger partial charge in [-0.2, -0.15) is 0 Å². The van der Waals surface area contributed by atoms with Crippen molar-refractivity contribution in [1.82, 2.24) is 5.32 Å².